The van der Waals surface area contributed by atoms with Crippen LogP contribution in [0.3, 0.4) is 0 Å². The Morgan fingerprint density at radius 2 is 2.29 bits per heavy atom. The fourth-order valence-corrected chi connectivity index (χ4v) is 1.37. The second kappa shape index (κ2) is 5.73. The molecule has 0 spiro atoms. The van der Waals surface area contributed by atoms with Crippen molar-refractivity contribution in [2.24, 2.45) is 0 Å². The van der Waals surface area contributed by atoms with Crippen molar-refractivity contribution in [3.05, 3.63) is 35.6 Å². The van der Waals surface area contributed by atoms with Crippen LogP contribution in [0, 0.1) is 5.82 Å². The molecule has 0 heterocycles. The van der Waals surface area contributed by atoms with Gasteiger partial charge in [0.15, 0.2) is 0 Å². The van der Waals surface area contributed by atoms with Crippen molar-refractivity contribution >= 4 is 0 Å². The molecule has 1 unspecified atom stereocenters. The number of hydrogen-bond acceptors (Lipinski definition) is 2. The molecule has 0 aliphatic rings. The maximum atomic E-state index is 12.9. The first-order valence-electron chi connectivity index (χ1n) is 4.79. The molecule has 0 saturated heterocycles. The normalized spacial score (nSPS) is 12.8. The fourth-order valence-electron chi connectivity index (χ4n) is 1.37. The molecule has 78 valence electrons. The van der Waals surface area contributed by atoms with Crippen LogP contribution in [-0.2, 0) is 4.74 Å². The summed E-state index contributed by atoms with van der Waals surface area (Å²) in [6, 6.07) is 6.52. The van der Waals surface area contributed by atoms with Gasteiger partial charge in [-0.2, -0.15) is 0 Å². The molecule has 0 radical (unpaired) electrons. The minimum absolute atomic E-state index is 0.0688. The zero-order valence-corrected chi connectivity index (χ0v) is 8.59. The minimum Gasteiger partial charge on any atom is -0.372 e. The summed E-state index contributed by atoms with van der Waals surface area (Å²) in [5.41, 5.74) is 0.876. The van der Waals surface area contributed by atoms with Gasteiger partial charge in [-0.25, -0.2) is 4.39 Å². The smallest absolute Gasteiger partial charge is 0.123 e. The van der Waals surface area contributed by atoms with Crippen LogP contribution in [0.2, 0.25) is 0 Å². The molecule has 0 fully saturated rings. The summed E-state index contributed by atoms with van der Waals surface area (Å²) >= 11 is 0. The molecule has 1 aromatic carbocycles. The number of hydrogen-bond donors (Lipinski definition) is 1. The van der Waals surface area contributed by atoms with Gasteiger partial charge in [-0.3, -0.25) is 0 Å². The second-order valence-corrected chi connectivity index (χ2v) is 3.06. The molecule has 0 aromatic heterocycles. The monoisotopic (exact) mass is 197 g/mol. The van der Waals surface area contributed by atoms with E-state index in [4.69, 9.17) is 4.74 Å². The number of rotatable bonds is 5. The van der Waals surface area contributed by atoms with Crippen LogP contribution in [-0.4, -0.2) is 20.2 Å². The molecule has 1 atom stereocenters. The highest BCUT2D eigenvalue weighted by Crippen LogP contribution is 2.17. The number of benzene rings is 1. The topological polar surface area (TPSA) is 21.3 Å². The van der Waals surface area contributed by atoms with Crippen molar-refractivity contribution in [1.82, 2.24) is 5.32 Å². The van der Waals surface area contributed by atoms with Crippen molar-refractivity contribution < 1.29 is 9.13 Å². The Morgan fingerprint density at radius 1 is 1.50 bits per heavy atom. The summed E-state index contributed by atoms with van der Waals surface area (Å²) in [7, 11) is 1.85. The summed E-state index contributed by atoms with van der Waals surface area (Å²) in [4.78, 5) is 0. The van der Waals surface area contributed by atoms with Gasteiger partial charge in [0.2, 0.25) is 0 Å². The maximum absolute atomic E-state index is 12.9. The Kier molecular flexibility index (Phi) is 4.56. The Bertz CT molecular complexity index is 272. The van der Waals surface area contributed by atoms with Gasteiger partial charge in [0.05, 0.1) is 6.10 Å². The van der Waals surface area contributed by atoms with E-state index in [1.165, 1.54) is 12.1 Å². The number of nitrogens with one attached hydrogen (secondary N) is 1. The van der Waals surface area contributed by atoms with E-state index in [9.17, 15) is 4.39 Å². The van der Waals surface area contributed by atoms with E-state index in [0.29, 0.717) is 13.2 Å². The van der Waals surface area contributed by atoms with Crippen LogP contribution in [0.15, 0.2) is 24.3 Å². The summed E-state index contributed by atoms with van der Waals surface area (Å²) < 4.78 is 18.4. The quantitative estimate of drug-likeness (QED) is 0.780. The molecule has 2 nitrogen and oxygen atoms in total. The summed E-state index contributed by atoms with van der Waals surface area (Å²) in [6.07, 6.45) is -0.0688. The third kappa shape index (κ3) is 3.09. The van der Waals surface area contributed by atoms with Crippen molar-refractivity contribution in [2.45, 2.75) is 13.0 Å². The van der Waals surface area contributed by atoms with Gasteiger partial charge in [-0.05, 0) is 31.7 Å². The zero-order valence-electron chi connectivity index (χ0n) is 8.59. The Labute approximate surface area is 84.1 Å². The third-order valence-corrected chi connectivity index (χ3v) is 1.98. The molecular formula is C11H16FNO. The predicted octanol–water partition coefficient (Wildman–Crippen LogP) is 2.12. The number of halogens is 1. The average molecular weight is 197 g/mol. The SMILES string of the molecule is CCOC(CNC)c1cccc(F)c1. The van der Waals surface area contributed by atoms with Gasteiger partial charge in [0.25, 0.3) is 0 Å². The van der Waals surface area contributed by atoms with Crippen molar-refractivity contribution in [2.75, 3.05) is 20.2 Å². The van der Waals surface area contributed by atoms with Gasteiger partial charge in [-0.1, -0.05) is 12.1 Å². The fraction of sp³-hybridized carbons (Fsp3) is 0.455. The molecule has 0 bridgehead atoms. The molecule has 1 N–H and O–H groups in total. The summed E-state index contributed by atoms with van der Waals surface area (Å²) in [5.74, 6) is -0.219. The average Bonchev–Trinajstić information content (AvgIpc) is 2.17. The van der Waals surface area contributed by atoms with Crippen LogP contribution < -0.4 is 5.32 Å². The predicted molar refractivity (Wildman–Crippen MR) is 54.7 cm³/mol. The van der Waals surface area contributed by atoms with Crippen LogP contribution >= 0.6 is 0 Å². The van der Waals surface area contributed by atoms with Crippen LogP contribution in [0.25, 0.3) is 0 Å². The van der Waals surface area contributed by atoms with E-state index in [-0.39, 0.29) is 11.9 Å². The number of ether oxygens (including phenoxy) is 1. The Balaban J connectivity index is 2.75. The van der Waals surface area contributed by atoms with Gasteiger partial charge < -0.3 is 10.1 Å². The Morgan fingerprint density at radius 3 is 2.86 bits per heavy atom. The first kappa shape index (κ1) is 11.1. The summed E-state index contributed by atoms with van der Waals surface area (Å²) in [5, 5.41) is 3.02. The zero-order chi connectivity index (χ0) is 10.4. The molecule has 14 heavy (non-hydrogen) atoms. The molecule has 3 heteroatoms. The molecule has 0 amide bonds. The lowest BCUT2D eigenvalue weighted by molar-refractivity contribution is 0.0636. The summed E-state index contributed by atoms with van der Waals surface area (Å²) in [6.45, 7) is 3.25. The highest BCUT2D eigenvalue weighted by Gasteiger charge is 2.10. The van der Waals surface area contributed by atoms with E-state index in [0.717, 1.165) is 5.56 Å². The number of likely N-dealkylation sites (N-methyl/N-ethyl adjacent to an activating group) is 1. The van der Waals surface area contributed by atoms with Crippen LogP contribution in [0.4, 0.5) is 4.39 Å². The van der Waals surface area contributed by atoms with E-state index in [1.54, 1.807) is 6.07 Å². The van der Waals surface area contributed by atoms with Crippen LogP contribution in [0.5, 0.6) is 0 Å². The lowest BCUT2D eigenvalue weighted by Crippen LogP contribution is -2.19. The highest BCUT2D eigenvalue weighted by atomic mass is 19.1. The molecule has 1 rings (SSSR count). The van der Waals surface area contributed by atoms with Crippen molar-refractivity contribution in [3.63, 3.8) is 0 Å². The van der Waals surface area contributed by atoms with Gasteiger partial charge in [0, 0.05) is 13.2 Å². The molecule has 0 saturated carbocycles. The van der Waals surface area contributed by atoms with Gasteiger partial charge >= 0.3 is 0 Å². The lowest BCUT2D eigenvalue weighted by Gasteiger charge is -2.16. The van der Waals surface area contributed by atoms with Crippen molar-refractivity contribution in [1.29, 1.82) is 0 Å². The minimum atomic E-state index is -0.219. The van der Waals surface area contributed by atoms with E-state index < -0.39 is 0 Å². The maximum Gasteiger partial charge on any atom is 0.123 e. The van der Waals surface area contributed by atoms with Gasteiger partial charge in [0.1, 0.15) is 5.82 Å². The molecular weight excluding hydrogens is 181 g/mol. The molecule has 0 aliphatic heterocycles. The van der Waals surface area contributed by atoms with E-state index in [2.05, 4.69) is 5.32 Å². The first-order chi connectivity index (χ1) is 6.77. The lowest BCUT2D eigenvalue weighted by atomic mass is 10.1. The van der Waals surface area contributed by atoms with Gasteiger partial charge in [-0.15, -0.1) is 0 Å². The van der Waals surface area contributed by atoms with Crippen molar-refractivity contribution in [3.8, 4) is 0 Å². The van der Waals surface area contributed by atoms with E-state index in [1.807, 2.05) is 20.0 Å². The highest BCUT2D eigenvalue weighted by molar-refractivity contribution is 5.19. The largest absolute Gasteiger partial charge is 0.372 e. The first-order valence-corrected chi connectivity index (χ1v) is 4.79. The molecule has 1 aromatic rings. The Hall–Kier alpha value is -0.930. The second-order valence-electron chi connectivity index (χ2n) is 3.06. The molecule has 0 aliphatic carbocycles. The third-order valence-electron chi connectivity index (χ3n) is 1.98. The van der Waals surface area contributed by atoms with Crippen LogP contribution in [0.1, 0.15) is 18.6 Å². The standard InChI is InChI=1S/C11H16FNO/c1-3-14-11(8-13-2)9-5-4-6-10(12)7-9/h4-7,11,13H,3,8H2,1-2H3. The van der Waals surface area contributed by atoms with E-state index >= 15 is 0 Å².